The smallest absolute Gasteiger partial charge is 0.0215 e. The first-order valence-corrected chi connectivity index (χ1v) is 5.17. The molecular formula is C13H19N. The molecular weight excluding hydrogens is 170 g/mol. The molecule has 0 unspecified atom stereocenters. The first-order valence-electron chi connectivity index (χ1n) is 5.17. The number of rotatable bonds is 1. The predicted octanol–water partition coefficient (Wildman–Crippen LogP) is 3.28. The lowest BCUT2D eigenvalue weighted by Gasteiger charge is -2.25. The van der Waals surface area contributed by atoms with Crippen LogP contribution < -0.4 is 0 Å². The van der Waals surface area contributed by atoms with E-state index in [0.717, 1.165) is 25.9 Å². The maximum absolute atomic E-state index is 4.09. The molecule has 0 aromatic rings. The molecule has 1 heteroatoms. The van der Waals surface area contributed by atoms with Crippen molar-refractivity contribution in [2.45, 2.75) is 19.8 Å². The highest BCUT2D eigenvalue weighted by Crippen LogP contribution is 2.12. The molecule has 0 bridgehead atoms. The fourth-order valence-electron chi connectivity index (χ4n) is 1.51. The number of hydrogen-bond acceptors (Lipinski definition) is 1. The molecule has 0 spiro atoms. The average Bonchev–Trinajstić information content (AvgIpc) is 2.18. The summed E-state index contributed by atoms with van der Waals surface area (Å²) in [5, 5.41) is 0. The summed E-state index contributed by atoms with van der Waals surface area (Å²) in [7, 11) is 0. The molecule has 0 amide bonds. The third-order valence-electron chi connectivity index (χ3n) is 2.46. The molecule has 1 heterocycles. The van der Waals surface area contributed by atoms with Crippen LogP contribution in [0.25, 0.3) is 0 Å². The second kappa shape index (κ2) is 5.48. The molecule has 0 N–H and O–H groups in total. The molecule has 0 radical (unpaired) electrons. The Hall–Kier alpha value is -1.24. The Kier molecular flexibility index (Phi) is 4.24. The second-order valence-electron chi connectivity index (χ2n) is 3.55. The van der Waals surface area contributed by atoms with E-state index in [-0.39, 0.29) is 0 Å². The third kappa shape index (κ3) is 3.25. The zero-order valence-electron chi connectivity index (χ0n) is 9.00. The second-order valence-corrected chi connectivity index (χ2v) is 3.55. The Morgan fingerprint density at radius 2 is 2.14 bits per heavy atom. The van der Waals surface area contributed by atoms with E-state index in [9.17, 15) is 0 Å². The van der Waals surface area contributed by atoms with Crippen molar-refractivity contribution < 1.29 is 0 Å². The highest BCUT2D eigenvalue weighted by Gasteiger charge is 2.04. The van der Waals surface area contributed by atoms with Crippen molar-refractivity contribution in [3.63, 3.8) is 0 Å². The maximum atomic E-state index is 4.09. The molecule has 1 aliphatic heterocycles. The zero-order valence-corrected chi connectivity index (χ0v) is 9.00. The van der Waals surface area contributed by atoms with E-state index in [2.05, 4.69) is 49.3 Å². The van der Waals surface area contributed by atoms with Gasteiger partial charge < -0.3 is 4.90 Å². The van der Waals surface area contributed by atoms with Gasteiger partial charge in [-0.3, -0.25) is 0 Å². The van der Waals surface area contributed by atoms with E-state index in [1.807, 2.05) is 0 Å². The summed E-state index contributed by atoms with van der Waals surface area (Å²) in [5.41, 5.74) is 2.38. The van der Waals surface area contributed by atoms with E-state index in [1.54, 1.807) is 0 Å². The van der Waals surface area contributed by atoms with Crippen LogP contribution in [-0.2, 0) is 0 Å². The Balaban J connectivity index is 2.69. The Bertz CT molecular complexity index is 271. The molecule has 0 fully saturated rings. The van der Waals surface area contributed by atoms with Gasteiger partial charge >= 0.3 is 0 Å². The van der Waals surface area contributed by atoms with Crippen molar-refractivity contribution in [1.29, 1.82) is 0 Å². The topological polar surface area (TPSA) is 3.24 Å². The minimum atomic E-state index is 0.949. The van der Waals surface area contributed by atoms with E-state index in [4.69, 9.17) is 0 Å². The summed E-state index contributed by atoms with van der Waals surface area (Å²) >= 11 is 0. The van der Waals surface area contributed by atoms with Gasteiger partial charge in [-0.15, -0.1) is 0 Å². The van der Waals surface area contributed by atoms with E-state index in [1.165, 1.54) is 11.3 Å². The SMILES string of the molecule is C=C1/C=C\C=C/CC(=C)N(CC)CC1. The predicted molar refractivity (Wildman–Crippen MR) is 63.0 cm³/mol. The highest BCUT2D eigenvalue weighted by molar-refractivity contribution is 5.21. The molecule has 76 valence electrons. The van der Waals surface area contributed by atoms with E-state index >= 15 is 0 Å². The standard InChI is InChI=1S/C13H19N/c1-4-14-11-10-12(2)8-6-5-7-9-13(14)3/h5-8H,2-4,9-11H2,1H3/b7-5-,8-6-. The molecule has 0 saturated heterocycles. The quantitative estimate of drug-likeness (QED) is 0.612. The van der Waals surface area contributed by atoms with Crippen molar-refractivity contribution in [3.8, 4) is 0 Å². The molecule has 14 heavy (non-hydrogen) atoms. The third-order valence-corrected chi connectivity index (χ3v) is 2.46. The monoisotopic (exact) mass is 189 g/mol. The van der Waals surface area contributed by atoms with Crippen molar-refractivity contribution in [2.75, 3.05) is 13.1 Å². The van der Waals surface area contributed by atoms with Gasteiger partial charge in [0.1, 0.15) is 0 Å². The summed E-state index contributed by atoms with van der Waals surface area (Å²) in [6.45, 7) is 12.3. The van der Waals surface area contributed by atoms with Gasteiger partial charge in [0.05, 0.1) is 0 Å². The van der Waals surface area contributed by atoms with E-state index < -0.39 is 0 Å². The summed E-state index contributed by atoms with van der Waals surface area (Å²) in [6.07, 6.45) is 10.3. The molecule has 0 aromatic heterocycles. The fraction of sp³-hybridized carbons (Fsp3) is 0.385. The van der Waals surface area contributed by atoms with Gasteiger partial charge in [0.15, 0.2) is 0 Å². The fourth-order valence-corrected chi connectivity index (χ4v) is 1.51. The normalized spacial score (nSPS) is 23.4. The number of hydrogen-bond donors (Lipinski definition) is 0. The van der Waals surface area contributed by atoms with Crippen LogP contribution in [0.2, 0.25) is 0 Å². The van der Waals surface area contributed by atoms with Crippen molar-refractivity contribution >= 4 is 0 Å². The minimum Gasteiger partial charge on any atom is -0.375 e. The van der Waals surface area contributed by atoms with Crippen LogP contribution in [0.4, 0.5) is 0 Å². The molecule has 1 aliphatic rings. The summed E-state index contributed by atoms with van der Waals surface area (Å²) in [5.74, 6) is 0. The molecule has 0 aliphatic carbocycles. The van der Waals surface area contributed by atoms with Crippen LogP contribution in [0.1, 0.15) is 19.8 Å². The van der Waals surface area contributed by atoms with Crippen molar-refractivity contribution in [2.24, 2.45) is 0 Å². The van der Waals surface area contributed by atoms with Crippen LogP contribution in [-0.4, -0.2) is 18.0 Å². The van der Waals surface area contributed by atoms with Crippen LogP contribution in [0.15, 0.2) is 48.7 Å². The largest absolute Gasteiger partial charge is 0.375 e. The first-order chi connectivity index (χ1) is 6.74. The van der Waals surface area contributed by atoms with Crippen molar-refractivity contribution in [1.82, 2.24) is 4.90 Å². The van der Waals surface area contributed by atoms with Gasteiger partial charge in [-0.25, -0.2) is 0 Å². The van der Waals surface area contributed by atoms with Crippen LogP contribution >= 0.6 is 0 Å². The summed E-state index contributed by atoms with van der Waals surface area (Å²) < 4.78 is 0. The lowest BCUT2D eigenvalue weighted by molar-refractivity contribution is 0.362. The number of allylic oxidation sites excluding steroid dienone is 4. The van der Waals surface area contributed by atoms with Crippen LogP contribution in [0.5, 0.6) is 0 Å². The Morgan fingerprint density at radius 1 is 1.36 bits per heavy atom. The van der Waals surface area contributed by atoms with Gasteiger partial charge in [-0.05, 0) is 13.3 Å². The van der Waals surface area contributed by atoms with Gasteiger partial charge in [-0.1, -0.05) is 43.0 Å². The highest BCUT2D eigenvalue weighted by atomic mass is 15.1. The molecule has 0 aromatic carbocycles. The summed E-state index contributed by atoms with van der Waals surface area (Å²) in [4.78, 5) is 2.31. The molecule has 0 saturated carbocycles. The Labute approximate surface area is 87.1 Å². The van der Waals surface area contributed by atoms with Gasteiger partial charge in [0.25, 0.3) is 0 Å². The maximum Gasteiger partial charge on any atom is 0.0215 e. The minimum absolute atomic E-state index is 0.949. The lowest BCUT2D eigenvalue weighted by Crippen LogP contribution is -2.23. The first kappa shape index (κ1) is 10.8. The van der Waals surface area contributed by atoms with Crippen LogP contribution in [0, 0.1) is 0 Å². The molecule has 1 nitrogen and oxygen atoms in total. The van der Waals surface area contributed by atoms with E-state index in [0.29, 0.717) is 0 Å². The lowest BCUT2D eigenvalue weighted by atomic mass is 10.1. The molecule has 0 atom stereocenters. The van der Waals surface area contributed by atoms with Crippen molar-refractivity contribution in [3.05, 3.63) is 48.7 Å². The molecule has 1 rings (SSSR count). The van der Waals surface area contributed by atoms with Gasteiger partial charge in [-0.2, -0.15) is 0 Å². The van der Waals surface area contributed by atoms with Gasteiger partial charge in [0, 0.05) is 25.2 Å². The number of nitrogens with zero attached hydrogens (tertiary/aromatic N) is 1. The Morgan fingerprint density at radius 3 is 2.86 bits per heavy atom. The average molecular weight is 189 g/mol. The van der Waals surface area contributed by atoms with Gasteiger partial charge in [0.2, 0.25) is 0 Å². The summed E-state index contributed by atoms with van der Waals surface area (Å²) in [6, 6.07) is 0. The van der Waals surface area contributed by atoms with Crippen LogP contribution in [0.3, 0.4) is 0 Å². The zero-order chi connectivity index (χ0) is 10.4.